The van der Waals surface area contributed by atoms with E-state index in [1.54, 1.807) is 13.8 Å². The van der Waals surface area contributed by atoms with Crippen molar-refractivity contribution in [3.63, 3.8) is 0 Å². The van der Waals surface area contributed by atoms with Crippen molar-refractivity contribution >= 4 is 29.8 Å². The average molecular weight is 581 g/mol. The van der Waals surface area contributed by atoms with Gasteiger partial charge in [-0.3, -0.25) is 14.4 Å². The molecule has 0 unspecified atom stereocenters. The first-order valence-electron chi connectivity index (χ1n) is 14.3. The highest BCUT2D eigenvalue weighted by atomic mass is 16.5. The van der Waals surface area contributed by atoms with Gasteiger partial charge in [-0.05, 0) is 75.6 Å². The van der Waals surface area contributed by atoms with Crippen molar-refractivity contribution in [3.8, 4) is 0 Å². The molecule has 41 heavy (non-hydrogen) atoms. The Balaban J connectivity index is 2.02. The van der Waals surface area contributed by atoms with Gasteiger partial charge < -0.3 is 28.8 Å². The van der Waals surface area contributed by atoms with E-state index in [0.717, 1.165) is 0 Å². The van der Waals surface area contributed by atoms with E-state index in [0.29, 0.717) is 69.1 Å². The van der Waals surface area contributed by atoms with Crippen molar-refractivity contribution < 1.29 is 52.8 Å². The number of aliphatic hydroxyl groups is 1. The Morgan fingerprint density at radius 1 is 0.561 bits per heavy atom. The zero-order chi connectivity index (χ0) is 30.3. The fraction of sp³-hybridized carbons (Fsp3) is 0.633. The molecule has 0 heterocycles. The van der Waals surface area contributed by atoms with Crippen LogP contribution >= 0.6 is 0 Å². The minimum Gasteiger partial charge on any atom is -0.466 e. The maximum absolute atomic E-state index is 12.2. The van der Waals surface area contributed by atoms with E-state index in [-0.39, 0.29) is 69.7 Å². The van der Waals surface area contributed by atoms with Gasteiger partial charge in [0.05, 0.1) is 50.1 Å². The van der Waals surface area contributed by atoms with Crippen molar-refractivity contribution in [1.82, 2.24) is 0 Å². The van der Waals surface area contributed by atoms with E-state index in [9.17, 15) is 24.0 Å². The van der Waals surface area contributed by atoms with Crippen molar-refractivity contribution in [3.05, 3.63) is 35.4 Å². The summed E-state index contributed by atoms with van der Waals surface area (Å²) in [6.45, 7) is 4.75. The van der Waals surface area contributed by atoms with Crippen molar-refractivity contribution in [2.75, 3.05) is 39.6 Å². The van der Waals surface area contributed by atoms with Gasteiger partial charge in [0.1, 0.15) is 0 Å². The third-order valence-corrected chi connectivity index (χ3v) is 5.71. The molecule has 0 spiro atoms. The number of unbranched alkanes of at least 4 members (excludes halogenated alkanes) is 4. The third kappa shape index (κ3) is 17.8. The second-order valence-corrected chi connectivity index (χ2v) is 9.66. The van der Waals surface area contributed by atoms with Crippen molar-refractivity contribution in [1.29, 1.82) is 0 Å². The van der Waals surface area contributed by atoms with Crippen LogP contribution in [0.5, 0.6) is 0 Å². The lowest BCUT2D eigenvalue weighted by Crippen LogP contribution is -2.13. The molecule has 0 aliphatic carbocycles. The highest BCUT2D eigenvalue weighted by Gasteiger charge is 2.12. The molecule has 1 N–H and O–H groups in total. The monoisotopic (exact) mass is 580 g/mol. The van der Waals surface area contributed by atoms with E-state index in [1.165, 1.54) is 24.3 Å². The van der Waals surface area contributed by atoms with Gasteiger partial charge in [0.25, 0.3) is 0 Å². The van der Waals surface area contributed by atoms with Gasteiger partial charge in [-0.1, -0.05) is 13.8 Å². The second-order valence-electron chi connectivity index (χ2n) is 9.66. The predicted molar refractivity (Wildman–Crippen MR) is 148 cm³/mol. The lowest BCUT2D eigenvalue weighted by atomic mass is 10.1. The Morgan fingerprint density at radius 3 is 1.32 bits per heavy atom. The van der Waals surface area contributed by atoms with Gasteiger partial charge in [0.2, 0.25) is 0 Å². The minimum atomic E-state index is -0.518. The fourth-order valence-corrected chi connectivity index (χ4v) is 3.26. The van der Waals surface area contributed by atoms with E-state index in [4.69, 9.17) is 28.8 Å². The molecular weight excluding hydrogens is 536 g/mol. The predicted octanol–water partition coefficient (Wildman–Crippen LogP) is 4.18. The van der Waals surface area contributed by atoms with Crippen molar-refractivity contribution in [2.24, 2.45) is 5.92 Å². The average Bonchev–Trinajstić information content (AvgIpc) is 2.96. The maximum Gasteiger partial charge on any atom is 0.338 e. The number of esters is 5. The smallest absolute Gasteiger partial charge is 0.338 e. The molecule has 11 nitrogen and oxygen atoms in total. The number of carbonyl (C=O) groups excluding carboxylic acids is 5. The van der Waals surface area contributed by atoms with Crippen LogP contribution in [0.25, 0.3) is 0 Å². The first kappa shape index (κ1) is 35.6. The summed E-state index contributed by atoms with van der Waals surface area (Å²) >= 11 is 0. The molecule has 1 aromatic carbocycles. The molecule has 0 amide bonds. The van der Waals surface area contributed by atoms with E-state index in [1.807, 2.05) is 0 Å². The molecule has 0 aliphatic heterocycles. The number of rotatable bonds is 22. The largest absolute Gasteiger partial charge is 0.466 e. The molecular formula is C30H44O11. The summed E-state index contributed by atoms with van der Waals surface area (Å²) in [5.41, 5.74) is 0.628. The standard InChI is InChI=1S/C30H44O11/c1-23(2)28(34)39-21-9-7-18-37-26(32)11-3-4-12-27(33)38-19-8-10-22-41-30(36)25-15-13-24(14-16-25)29(35)40-20-6-5-17-31/h13-16,23,31H,3-12,17-22H2,1-2H3. The lowest BCUT2D eigenvalue weighted by Gasteiger charge is -2.08. The van der Waals surface area contributed by atoms with Crippen LogP contribution in [0.2, 0.25) is 0 Å². The SMILES string of the molecule is CC(C)C(=O)OCCCCOC(=O)CCCCC(=O)OCCCCOC(=O)c1ccc(C(=O)OCCCCO)cc1. The molecule has 1 rings (SSSR count). The van der Waals surface area contributed by atoms with E-state index >= 15 is 0 Å². The van der Waals surface area contributed by atoms with Gasteiger partial charge in [0.15, 0.2) is 0 Å². The van der Waals surface area contributed by atoms with Crippen LogP contribution in [0, 0.1) is 5.92 Å². The van der Waals surface area contributed by atoms with Crippen LogP contribution in [-0.4, -0.2) is 74.6 Å². The van der Waals surface area contributed by atoms with Gasteiger partial charge in [0, 0.05) is 19.4 Å². The molecule has 0 aromatic heterocycles. The van der Waals surface area contributed by atoms with E-state index in [2.05, 4.69) is 0 Å². The molecule has 0 bridgehead atoms. The molecule has 0 saturated heterocycles. The Labute approximate surface area is 241 Å². The first-order valence-corrected chi connectivity index (χ1v) is 14.3. The van der Waals surface area contributed by atoms with Crippen LogP contribution in [0.15, 0.2) is 24.3 Å². The van der Waals surface area contributed by atoms with Gasteiger partial charge in [-0.15, -0.1) is 0 Å². The molecule has 0 aliphatic rings. The van der Waals surface area contributed by atoms with Crippen LogP contribution in [0.1, 0.15) is 98.8 Å². The number of aliphatic hydroxyl groups excluding tert-OH is 1. The maximum atomic E-state index is 12.2. The third-order valence-electron chi connectivity index (χ3n) is 5.71. The number of hydrogen-bond donors (Lipinski definition) is 1. The summed E-state index contributed by atoms with van der Waals surface area (Å²) in [6, 6.07) is 5.96. The number of hydrogen-bond acceptors (Lipinski definition) is 11. The van der Waals surface area contributed by atoms with E-state index < -0.39 is 11.9 Å². The zero-order valence-corrected chi connectivity index (χ0v) is 24.2. The van der Waals surface area contributed by atoms with Crippen LogP contribution in [0.4, 0.5) is 0 Å². The Morgan fingerprint density at radius 2 is 0.927 bits per heavy atom. The van der Waals surface area contributed by atoms with Crippen LogP contribution < -0.4 is 0 Å². The van der Waals surface area contributed by atoms with Gasteiger partial charge in [-0.25, -0.2) is 9.59 Å². The Bertz CT molecular complexity index is 925. The Kier molecular flexibility index (Phi) is 19.3. The molecule has 0 saturated carbocycles. The number of carbonyl (C=O) groups is 5. The summed E-state index contributed by atoms with van der Waals surface area (Å²) in [7, 11) is 0. The molecule has 0 atom stereocenters. The summed E-state index contributed by atoms with van der Waals surface area (Å²) in [5, 5.41) is 8.73. The summed E-state index contributed by atoms with van der Waals surface area (Å²) in [5.74, 6) is -2.08. The fourth-order valence-electron chi connectivity index (χ4n) is 3.26. The van der Waals surface area contributed by atoms with Gasteiger partial charge >= 0.3 is 29.8 Å². The normalized spacial score (nSPS) is 10.6. The highest BCUT2D eigenvalue weighted by molar-refractivity contribution is 5.93. The summed E-state index contributed by atoms with van der Waals surface area (Å²) in [4.78, 5) is 59.0. The Hall–Kier alpha value is -3.47. The highest BCUT2D eigenvalue weighted by Crippen LogP contribution is 2.09. The van der Waals surface area contributed by atoms with Crippen molar-refractivity contribution in [2.45, 2.75) is 78.1 Å². The molecule has 11 heteroatoms. The number of ether oxygens (including phenoxy) is 5. The minimum absolute atomic E-state index is 0.0465. The topological polar surface area (TPSA) is 152 Å². The quantitative estimate of drug-likeness (QED) is 0.119. The van der Waals surface area contributed by atoms with Crippen LogP contribution in [0.3, 0.4) is 0 Å². The number of benzene rings is 1. The summed E-state index contributed by atoms with van der Waals surface area (Å²) < 4.78 is 25.6. The molecule has 230 valence electrons. The zero-order valence-electron chi connectivity index (χ0n) is 24.2. The lowest BCUT2D eigenvalue weighted by molar-refractivity contribution is -0.148. The van der Waals surface area contributed by atoms with Gasteiger partial charge in [-0.2, -0.15) is 0 Å². The second kappa shape index (κ2) is 22.2. The molecule has 0 fully saturated rings. The van der Waals surface area contributed by atoms with Crippen LogP contribution in [-0.2, 0) is 38.1 Å². The summed E-state index contributed by atoms with van der Waals surface area (Å²) in [6.07, 6.45) is 4.88. The molecule has 1 aromatic rings. The first-order chi connectivity index (χ1) is 19.7. The molecule has 0 radical (unpaired) electrons.